The Hall–Kier alpha value is -2.70. The molecule has 0 spiro atoms. The standard InChI is InChI=1S/C12H13N5O2/c1-8-3-5-9(6-4-8)7-14-17-12(19)10(15-16-17)11(18)13-2/h3-7,16H,1-2H3,(H,13,18)/p-1. The van der Waals surface area contributed by atoms with Gasteiger partial charge in [-0.25, -0.2) is 0 Å². The fourth-order valence-corrected chi connectivity index (χ4v) is 1.39. The van der Waals surface area contributed by atoms with Crippen LogP contribution in [-0.2, 0) is 0 Å². The average Bonchev–Trinajstić information content (AvgIpc) is 2.79. The Bertz CT molecular complexity index is 679. The number of aliphatic imine (C=N–C) groups is 1. The molecule has 2 aromatic rings. The predicted octanol–water partition coefficient (Wildman–Crippen LogP) is -0.501. The van der Waals surface area contributed by atoms with E-state index in [2.05, 4.69) is 20.4 Å². The van der Waals surface area contributed by atoms with Crippen LogP contribution in [0.25, 0.3) is 0 Å². The summed E-state index contributed by atoms with van der Waals surface area (Å²) < 4.78 is 0. The van der Waals surface area contributed by atoms with Crippen molar-refractivity contribution in [2.75, 3.05) is 7.05 Å². The van der Waals surface area contributed by atoms with Gasteiger partial charge in [0.2, 0.25) is 0 Å². The minimum absolute atomic E-state index is 0.274. The highest BCUT2D eigenvalue weighted by molar-refractivity contribution is 5.87. The monoisotopic (exact) mass is 258 g/mol. The number of H-pyrrole nitrogens is 1. The normalized spacial score (nSPS) is 12.2. The van der Waals surface area contributed by atoms with E-state index in [1.807, 2.05) is 31.2 Å². The molecule has 0 aliphatic heterocycles. The van der Waals surface area contributed by atoms with Gasteiger partial charge >= 0.3 is 5.56 Å². The smallest absolute Gasteiger partial charge is 0.316 e. The number of rotatable bonds is 3. The van der Waals surface area contributed by atoms with E-state index in [0.29, 0.717) is 0 Å². The molecule has 98 valence electrons. The number of nitrogens with one attached hydrogen (secondary N) is 1. The molecule has 0 bridgehead atoms. The summed E-state index contributed by atoms with van der Waals surface area (Å²) in [5.41, 5.74) is 1.07. The van der Waals surface area contributed by atoms with Gasteiger partial charge in [-0.3, -0.25) is 4.79 Å². The van der Waals surface area contributed by atoms with Gasteiger partial charge in [0.25, 0.3) is 0 Å². The van der Waals surface area contributed by atoms with E-state index in [0.717, 1.165) is 15.9 Å². The summed E-state index contributed by atoms with van der Waals surface area (Å²) in [7, 11) is 1.30. The van der Waals surface area contributed by atoms with Crippen molar-refractivity contribution in [3.05, 3.63) is 51.4 Å². The minimum atomic E-state index is -0.675. The van der Waals surface area contributed by atoms with Crippen LogP contribution in [0.5, 0.6) is 0 Å². The van der Waals surface area contributed by atoms with Crippen LogP contribution in [-0.4, -0.2) is 34.3 Å². The first-order valence-electron chi connectivity index (χ1n) is 5.54. The van der Waals surface area contributed by atoms with E-state index in [9.17, 15) is 9.90 Å². The SMILES string of the molecule is CN=C([O-])c1n[nH]n(N=Cc2ccc(C)cc2)c1=O. The van der Waals surface area contributed by atoms with E-state index < -0.39 is 11.5 Å². The zero-order chi connectivity index (χ0) is 13.8. The quantitative estimate of drug-likeness (QED) is 0.593. The lowest BCUT2D eigenvalue weighted by atomic mass is 10.2. The van der Waals surface area contributed by atoms with Crippen LogP contribution in [0.2, 0.25) is 0 Å². The lowest BCUT2D eigenvalue weighted by Gasteiger charge is -2.01. The summed E-state index contributed by atoms with van der Waals surface area (Å²) in [6.07, 6.45) is 1.50. The van der Waals surface area contributed by atoms with Crippen molar-refractivity contribution < 1.29 is 5.11 Å². The first-order valence-corrected chi connectivity index (χ1v) is 5.54. The van der Waals surface area contributed by atoms with Crippen molar-refractivity contribution >= 4 is 12.1 Å². The Morgan fingerprint density at radius 2 is 2.11 bits per heavy atom. The lowest BCUT2D eigenvalue weighted by molar-refractivity contribution is -0.213. The molecule has 0 aliphatic rings. The molecule has 0 fully saturated rings. The summed E-state index contributed by atoms with van der Waals surface area (Å²) in [4.78, 5) is 16.0. The Morgan fingerprint density at radius 3 is 2.74 bits per heavy atom. The van der Waals surface area contributed by atoms with E-state index >= 15 is 0 Å². The molecule has 0 saturated heterocycles. The number of nitrogens with zero attached hydrogens (tertiary/aromatic N) is 4. The summed E-state index contributed by atoms with van der Waals surface area (Å²) in [6, 6.07) is 7.60. The van der Waals surface area contributed by atoms with E-state index in [-0.39, 0.29) is 5.69 Å². The zero-order valence-corrected chi connectivity index (χ0v) is 10.5. The molecular weight excluding hydrogens is 246 g/mol. The molecule has 1 aromatic carbocycles. The Labute approximate surface area is 108 Å². The molecule has 1 heterocycles. The van der Waals surface area contributed by atoms with Crippen LogP contribution in [0, 0.1) is 6.92 Å². The van der Waals surface area contributed by atoms with Crippen LogP contribution >= 0.6 is 0 Å². The van der Waals surface area contributed by atoms with Crippen LogP contribution < -0.4 is 10.7 Å². The first-order chi connectivity index (χ1) is 9.11. The van der Waals surface area contributed by atoms with Crippen LogP contribution in [0.4, 0.5) is 0 Å². The van der Waals surface area contributed by atoms with Crippen molar-refractivity contribution in [3.63, 3.8) is 0 Å². The number of aromatic amines is 1. The Kier molecular flexibility index (Phi) is 3.56. The van der Waals surface area contributed by atoms with Crippen molar-refractivity contribution in [2.45, 2.75) is 6.92 Å². The third-order valence-corrected chi connectivity index (χ3v) is 2.46. The van der Waals surface area contributed by atoms with Gasteiger partial charge in [0.1, 0.15) is 0 Å². The number of aromatic nitrogens is 3. The summed E-state index contributed by atoms with van der Waals surface area (Å²) in [5.74, 6) is -0.675. The van der Waals surface area contributed by atoms with Crippen LogP contribution in [0.15, 0.2) is 39.2 Å². The molecule has 1 N–H and O–H groups in total. The second-order valence-electron chi connectivity index (χ2n) is 3.86. The van der Waals surface area contributed by atoms with Crippen molar-refractivity contribution in [2.24, 2.45) is 10.1 Å². The van der Waals surface area contributed by atoms with E-state index in [1.165, 1.54) is 13.3 Å². The fraction of sp³-hybridized carbons (Fsp3) is 0.167. The zero-order valence-electron chi connectivity index (χ0n) is 10.5. The van der Waals surface area contributed by atoms with Gasteiger partial charge in [-0.2, -0.15) is 15.4 Å². The molecule has 0 saturated carbocycles. The summed E-state index contributed by atoms with van der Waals surface area (Å²) >= 11 is 0. The topological polar surface area (TPSA) is 98.5 Å². The largest absolute Gasteiger partial charge is 0.857 e. The Morgan fingerprint density at radius 1 is 1.42 bits per heavy atom. The van der Waals surface area contributed by atoms with Crippen LogP contribution in [0.3, 0.4) is 0 Å². The maximum Gasteiger partial charge on any atom is 0.316 e. The molecule has 0 aliphatic carbocycles. The van der Waals surface area contributed by atoms with Gasteiger partial charge in [0, 0.05) is 12.9 Å². The highest BCUT2D eigenvalue weighted by atomic mass is 16.3. The molecule has 1 aromatic heterocycles. The number of aryl methyl sites for hydroxylation is 1. The van der Waals surface area contributed by atoms with Crippen molar-refractivity contribution in [1.29, 1.82) is 0 Å². The Balaban J connectivity index is 2.27. The molecule has 0 radical (unpaired) electrons. The van der Waals surface area contributed by atoms with Crippen molar-refractivity contribution in [1.82, 2.24) is 15.1 Å². The second-order valence-corrected chi connectivity index (χ2v) is 3.86. The number of benzene rings is 1. The molecule has 0 amide bonds. The predicted molar refractivity (Wildman–Crippen MR) is 69.5 cm³/mol. The van der Waals surface area contributed by atoms with Gasteiger partial charge in [-0.05, 0) is 12.5 Å². The maximum absolute atomic E-state index is 11.7. The minimum Gasteiger partial charge on any atom is -0.857 e. The van der Waals surface area contributed by atoms with Gasteiger partial charge in [-0.15, -0.1) is 4.79 Å². The number of hydrogen-bond acceptors (Lipinski definition) is 5. The van der Waals surface area contributed by atoms with Crippen LogP contribution in [0.1, 0.15) is 16.8 Å². The molecule has 0 atom stereocenters. The molecule has 19 heavy (non-hydrogen) atoms. The first kappa shape index (κ1) is 12.7. The third kappa shape index (κ3) is 2.76. The maximum atomic E-state index is 11.7. The van der Waals surface area contributed by atoms with E-state index in [1.54, 1.807) is 0 Å². The molecule has 2 rings (SSSR count). The molecular formula is C12H12N5O2-. The molecule has 7 heteroatoms. The summed E-state index contributed by atoms with van der Waals surface area (Å²) in [5, 5.41) is 21.1. The highest BCUT2D eigenvalue weighted by Gasteiger charge is 2.06. The second kappa shape index (κ2) is 5.30. The van der Waals surface area contributed by atoms with Gasteiger partial charge in [0.05, 0.1) is 6.21 Å². The van der Waals surface area contributed by atoms with E-state index in [4.69, 9.17) is 0 Å². The molecule has 7 nitrogen and oxygen atoms in total. The average molecular weight is 258 g/mol. The van der Waals surface area contributed by atoms with Gasteiger partial charge in [-0.1, -0.05) is 29.8 Å². The lowest BCUT2D eigenvalue weighted by Crippen LogP contribution is -2.27. The van der Waals surface area contributed by atoms with Crippen molar-refractivity contribution in [3.8, 4) is 0 Å². The summed E-state index contributed by atoms with van der Waals surface area (Å²) in [6.45, 7) is 1.98. The molecule has 0 unspecified atom stereocenters. The third-order valence-electron chi connectivity index (χ3n) is 2.46. The fourth-order valence-electron chi connectivity index (χ4n) is 1.39. The van der Waals surface area contributed by atoms with Gasteiger partial charge in [0.15, 0.2) is 5.69 Å². The highest BCUT2D eigenvalue weighted by Crippen LogP contribution is 2.00. The number of hydrogen-bond donors (Lipinski definition) is 1. The van der Waals surface area contributed by atoms with Gasteiger partial charge < -0.3 is 10.1 Å².